The molecule has 2 heterocycles. The molecule has 0 saturated carbocycles. The molecule has 2 aromatic heterocycles. The van der Waals surface area contributed by atoms with E-state index in [-0.39, 0.29) is 11.5 Å². The number of carbonyl (C=O) groups is 1. The van der Waals surface area contributed by atoms with Crippen LogP contribution in [0.1, 0.15) is 0 Å². The first-order valence-corrected chi connectivity index (χ1v) is 3.37. The van der Waals surface area contributed by atoms with Crippen LogP contribution in [0.15, 0.2) is 12.7 Å². The van der Waals surface area contributed by atoms with Gasteiger partial charge in [-0.1, -0.05) is 0 Å². The van der Waals surface area contributed by atoms with Gasteiger partial charge in [-0.15, -0.1) is 0 Å². The minimum atomic E-state index is -1.15. The Balaban J connectivity index is 2.83. The molecular weight excluding hydrogens is 174 g/mol. The molecule has 0 aliphatic heterocycles. The molecule has 0 bridgehead atoms. The quantitative estimate of drug-likeness (QED) is 0.586. The van der Waals surface area contributed by atoms with Crippen molar-refractivity contribution >= 4 is 23.1 Å². The third kappa shape index (κ3) is 0.975. The molecule has 2 rings (SSSR count). The zero-order chi connectivity index (χ0) is 9.42. The molecule has 0 aliphatic rings. The molecule has 7 nitrogen and oxygen atoms in total. The normalized spacial score (nSPS) is 10.5. The fourth-order valence-electron chi connectivity index (χ4n) is 0.993. The molecule has 3 N–H and O–H groups in total. The van der Waals surface area contributed by atoms with E-state index in [0.29, 0.717) is 5.52 Å². The molecule has 0 aliphatic carbocycles. The van der Waals surface area contributed by atoms with Crippen molar-refractivity contribution in [1.29, 1.82) is 0 Å². The lowest BCUT2D eigenvalue weighted by Gasteiger charge is -1.94. The Morgan fingerprint density at radius 1 is 1.46 bits per heavy atom. The molecule has 0 atom stereocenters. The predicted molar refractivity (Wildman–Crippen MR) is 43.2 cm³/mol. The van der Waals surface area contributed by atoms with Gasteiger partial charge in [-0.3, -0.25) is 0 Å². The summed E-state index contributed by atoms with van der Waals surface area (Å²) in [6.07, 6.45) is 1.18. The van der Waals surface area contributed by atoms with Gasteiger partial charge >= 0.3 is 6.09 Å². The molecular formula is C6H5N5O2. The molecule has 7 heteroatoms. The highest BCUT2D eigenvalue weighted by atomic mass is 16.4. The van der Waals surface area contributed by atoms with Crippen LogP contribution in [0.25, 0.3) is 11.2 Å². The van der Waals surface area contributed by atoms with Crippen molar-refractivity contribution in [1.82, 2.24) is 19.5 Å². The van der Waals surface area contributed by atoms with Crippen LogP contribution in [0.3, 0.4) is 0 Å². The lowest BCUT2D eigenvalue weighted by molar-refractivity contribution is 0.197. The van der Waals surface area contributed by atoms with Crippen LogP contribution in [0, 0.1) is 0 Å². The van der Waals surface area contributed by atoms with Gasteiger partial charge < -0.3 is 10.8 Å². The summed E-state index contributed by atoms with van der Waals surface area (Å²) >= 11 is 0. The molecule has 2 aromatic rings. The number of aromatic nitrogens is 4. The van der Waals surface area contributed by atoms with Crippen LogP contribution >= 0.6 is 0 Å². The standard InChI is InChI=1S/C6H5N5O2/c7-4-3-5(9-1-8-4)11(2-10-3)6(12)13/h1-2H,(H,12,13)(H2,7,8,9). The monoisotopic (exact) mass is 179 g/mol. The van der Waals surface area contributed by atoms with Crippen molar-refractivity contribution in [2.75, 3.05) is 5.73 Å². The number of nitrogen functional groups attached to an aromatic ring is 1. The van der Waals surface area contributed by atoms with Gasteiger partial charge in [0.25, 0.3) is 0 Å². The summed E-state index contributed by atoms with van der Waals surface area (Å²) in [4.78, 5) is 21.8. The number of fused-ring (bicyclic) bond motifs is 1. The first-order valence-electron chi connectivity index (χ1n) is 3.37. The molecule has 0 unspecified atom stereocenters. The average molecular weight is 179 g/mol. The Morgan fingerprint density at radius 3 is 2.92 bits per heavy atom. The fourth-order valence-corrected chi connectivity index (χ4v) is 0.993. The third-order valence-corrected chi connectivity index (χ3v) is 1.57. The van der Waals surface area contributed by atoms with E-state index >= 15 is 0 Å². The second kappa shape index (κ2) is 2.41. The summed E-state index contributed by atoms with van der Waals surface area (Å²) < 4.78 is 0.882. The van der Waals surface area contributed by atoms with E-state index in [2.05, 4.69) is 15.0 Å². The zero-order valence-corrected chi connectivity index (χ0v) is 6.38. The van der Waals surface area contributed by atoms with Gasteiger partial charge in [0.1, 0.15) is 12.7 Å². The minimum Gasteiger partial charge on any atom is -0.464 e. The SMILES string of the molecule is Nc1ncnc2c1ncn2C(=O)O. The molecule has 13 heavy (non-hydrogen) atoms. The van der Waals surface area contributed by atoms with Crippen LogP contribution < -0.4 is 5.73 Å². The number of anilines is 1. The van der Waals surface area contributed by atoms with Crippen molar-refractivity contribution in [3.8, 4) is 0 Å². The highest BCUT2D eigenvalue weighted by Crippen LogP contribution is 2.13. The van der Waals surface area contributed by atoms with E-state index in [0.717, 1.165) is 10.9 Å². The van der Waals surface area contributed by atoms with Crippen LogP contribution in [-0.4, -0.2) is 30.7 Å². The summed E-state index contributed by atoms with van der Waals surface area (Å²) in [5.74, 6) is 0.171. The Labute approximate surface area is 71.9 Å². The van der Waals surface area contributed by atoms with E-state index in [1.54, 1.807) is 0 Å². The van der Waals surface area contributed by atoms with Crippen molar-refractivity contribution < 1.29 is 9.90 Å². The van der Waals surface area contributed by atoms with Gasteiger partial charge in [0.05, 0.1) is 0 Å². The number of imidazole rings is 1. The average Bonchev–Trinajstić information content (AvgIpc) is 2.48. The van der Waals surface area contributed by atoms with Gasteiger partial charge in [0.15, 0.2) is 17.0 Å². The number of hydrogen-bond acceptors (Lipinski definition) is 5. The Morgan fingerprint density at radius 2 is 2.23 bits per heavy atom. The predicted octanol–water partition coefficient (Wildman–Crippen LogP) is -0.0654. The van der Waals surface area contributed by atoms with E-state index < -0.39 is 6.09 Å². The molecule has 0 spiro atoms. The largest absolute Gasteiger partial charge is 0.464 e. The van der Waals surface area contributed by atoms with E-state index in [1.807, 2.05) is 0 Å². The maximum absolute atomic E-state index is 10.6. The fraction of sp³-hybridized carbons (Fsp3) is 0. The van der Waals surface area contributed by atoms with Crippen LogP contribution in [0.4, 0.5) is 10.6 Å². The first kappa shape index (κ1) is 7.47. The van der Waals surface area contributed by atoms with Crippen LogP contribution in [0.5, 0.6) is 0 Å². The van der Waals surface area contributed by atoms with Crippen molar-refractivity contribution in [3.05, 3.63) is 12.7 Å². The topological polar surface area (TPSA) is 107 Å². The second-order valence-electron chi connectivity index (χ2n) is 2.33. The summed E-state index contributed by atoms with van der Waals surface area (Å²) in [6.45, 7) is 0. The number of carboxylic acid groups (broad SMARTS) is 1. The molecule has 0 saturated heterocycles. The Kier molecular flexibility index (Phi) is 1.38. The molecule has 0 aromatic carbocycles. The number of rotatable bonds is 0. The zero-order valence-electron chi connectivity index (χ0n) is 6.38. The third-order valence-electron chi connectivity index (χ3n) is 1.57. The van der Waals surface area contributed by atoms with E-state index in [4.69, 9.17) is 10.8 Å². The maximum Gasteiger partial charge on any atom is 0.418 e. The molecule has 0 amide bonds. The van der Waals surface area contributed by atoms with E-state index in [1.165, 1.54) is 6.33 Å². The van der Waals surface area contributed by atoms with Crippen LogP contribution in [-0.2, 0) is 0 Å². The lowest BCUT2D eigenvalue weighted by Crippen LogP contribution is -2.07. The Bertz CT molecular complexity index is 477. The minimum absolute atomic E-state index is 0.171. The van der Waals surface area contributed by atoms with Gasteiger partial charge in [0.2, 0.25) is 0 Å². The Hall–Kier alpha value is -2.18. The summed E-state index contributed by atoms with van der Waals surface area (Å²) in [6, 6.07) is 0. The molecule has 66 valence electrons. The molecule has 0 fully saturated rings. The van der Waals surface area contributed by atoms with Crippen molar-refractivity contribution in [2.45, 2.75) is 0 Å². The maximum atomic E-state index is 10.6. The van der Waals surface area contributed by atoms with Gasteiger partial charge in [-0.05, 0) is 0 Å². The summed E-state index contributed by atoms with van der Waals surface area (Å²) in [5.41, 5.74) is 5.94. The summed E-state index contributed by atoms with van der Waals surface area (Å²) in [5, 5.41) is 8.68. The smallest absolute Gasteiger partial charge is 0.418 e. The highest BCUT2D eigenvalue weighted by Gasteiger charge is 2.11. The number of nitrogens with two attached hydrogens (primary N) is 1. The van der Waals surface area contributed by atoms with Gasteiger partial charge in [0, 0.05) is 0 Å². The molecule has 0 radical (unpaired) electrons. The van der Waals surface area contributed by atoms with Gasteiger partial charge in [-0.25, -0.2) is 24.3 Å². The number of nitrogens with zero attached hydrogens (tertiary/aromatic N) is 4. The second-order valence-corrected chi connectivity index (χ2v) is 2.33. The number of hydrogen-bond donors (Lipinski definition) is 2. The highest BCUT2D eigenvalue weighted by molar-refractivity contribution is 5.87. The van der Waals surface area contributed by atoms with Gasteiger partial charge in [-0.2, -0.15) is 0 Å². The first-order chi connectivity index (χ1) is 6.20. The summed E-state index contributed by atoms with van der Waals surface area (Å²) in [7, 11) is 0. The van der Waals surface area contributed by atoms with E-state index in [9.17, 15) is 4.79 Å². The lowest BCUT2D eigenvalue weighted by atomic mass is 10.5. The van der Waals surface area contributed by atoms with Crippen LogP contribution in [0.2, 0.25) is 0 Å². The van der Waals surface area contributed by atoms with Crippen molar-refractivity contribution in [2.24, 2.45) is 0 Å². The van der Waals surface area contributed by atoms with Crippen molar-refractivity contribution in [3.63, 3.8) is 0 Å².